The molecule has 1 saturated carbocycles. The molecule has 1 atom stereocenters. The number of hydrogen-bond acceptors (Lipinski definition) is 3. The maximum Gasteiger partial charge on any atom is 0.244 e. The average molecular weight is 226 g/mol. The molecular weight excluding hydrogens is 208 g/mol. The van der Waals surface area contributed by atoms with E-state index in [0.717, 1.165) is 12.8 Å². The van der Waals surface area contributed by atoms with Gasteiger partial charge in [0, 0.05) is 20.0 Å². The molecule has 2 N–H and O–H groups in total. The zero-order valence-corrected chi connectivity index (χ0v) is 9.48. The van der Waals surface area contributed by atoms with Crippen molar-refractivity contribution in [1.29, 1.82) is 0 Å². The second-order valence-electron chi connectivity index (χ2n) is 4.87. The second-order valence-corrected chi connectivity index (χ2v) is 4.87. The fourth-order valence-electron chi connectivity index (χ4n) is 2.39. The van der Waals surface area contributed by atoms with Crippen LogP contribution in [0.3, 0.4) is 0 Å². The lowest BCUT2D eigenvalue weighted by Gasteiger charge is -2.35. The number of amides is 2. The molecule has 0 spiro atoms. The van der Waals surface area contributed by atoms with Crippen molar-refractivity contribution in [2.75, 3.05) is 13.6 Å². The van der Waals surface area contributed by atoms with Gasteiger partial charge in [0.05, 0.1) is 6.10 Å². The predicted molar refractivity (Wildman–Crippen MR) is 57.5 cm³/mol. The number of rotatable bonds is 3. The van der Waals surface area contributed by atoms with E-state index in [1.807, 2.05) is 0 Å². The number of likely N-dealkylation sites (N-methyl/N-ethyl adjacent to an activating group) is 1. The third-order valence-electron chi connectivity index (χ3n) is 3.41. The molecule has 90 valence electrons. The zero-order chi connectivity index (χ0) is 11.7. The van der Waals surface area contributed by atoms with Gasteiger partial charge < -0.3 is 15.3 Å². The van der Waals surface area contributed by atoms with Crippen LogP contribution >= 0.6 is 0 Å². The third-order valence-corrected chi connectivity index (χ3v) is 3.41. The van der Waals surface area contributed by atoms with Crippen molar-refractivity contribution in [1.82, 2.24) is 10.2 Å². The average Bonchev–Trinajstić information content (AvgIpc) is 2.61. The van der Waals surface area contributed by atoms with Gasteiger partial charge in [0.1, 0.15) is 6.04 Å². The molecule has 1 heterocycles. The number of nitrogens with zero attached hydrogens (tertiary/aromatic N) is 1. The Balaban J connectivity index is 1.78. The molecule has 5 nitrogen and oxygen atoms in total. The number of carbonyl (C=O) groups excluding carboxylic acids is 2. The van der Waals surface area contributed by atoms with Gasteiger partial charge in [-0.05, 0) is 25.2 Å². The van der Waals surface area contributed by atoms with E-state index >= 15 is 0 Å². The first-order valence-electron chi connectivity index (χ1n) is 5.78. The molecular formula is C11H18N2O3. The molecule has 0 aromatic heterocycles. The Morgan fingerprint density at radius 1 is 1.56 bits per heavy atom. The molecule has 0 unspecified atom stereocenters. The number of aliphatic hydroxyl groups is 1. The van der Waals surface area contributed by atoms with Crippen molar-refractivity contribution in [2.24, 2.45) is 5.92 Å². The summed E-state index contributed by atoms with van der Waals surface area (Å²) in [6.07, 6.45) is 2.45. The zero-order valence-electron chi connectivity index (χ0n) is 9.48. The lowest BCUT2D eigenvalue weighted by Crippen LogP contribution is -2.46. The number of aliphatic hydroxyl groups excluding tert-OH is 1. The molecule has 5 heteroatoms. The van der Waals surface area contributed by atoms with E-state index in [1.165, 1.54) is 0 Å². The van der Waals surface area contributed by atoms with E-state index < -0.39 is 0 Å². The Bertz CT molecular complexity index is 300. The highest BCUT2D eigenvalue weighted by atomic mass is 16.3. The van der Waals surface area contributed by atoms with E-state index in [0.29, 0.717) is 25.3 Å². The summed E-state index contributed by atoms with van der Waals surface area (Å²) in [5.41, 5.74) is 0. The summed E-state index contributed by atoms with van der Waals surface area (Å²) in [5, 5.41) is 11.8. The molecule has 2 aliphatic rings. The molecule has 1 aliphatic carbocycles. The standard InChI is InChI=1S/C11H18N2O3/c1-13(6-7-4-8(14)5-7)11(16)9-2-3-10(15)12-9/h7-9,14H,2-6H2,1H3,(H,12,15)/t7?,8?,9-/m0/s1. The van der Waals surface area contributed by atoms with Crippen LogP contribution in [0.25, 0.3) is 0 Å². The summed E-state index contributed by atoms with van der Waals surface area (Å²) in [4.78, 5) is 24.6. The molecule has 1 saturated heterocycles. The van der Waals surface area contributed by atoms with Gasteiger partial charge in [-0.1, -0.05) is 0 Å². The number of hydrogen-bond donors (Lipinski definition) is 2. The highest BCUT2D eigenvalue weighted by molar-refractivity contribution is 5.90. The van der Waals surface area contributed by atoms with Gasteiger partial charge in [-0.25, -0.2) is 0 Å². The first kappa shape index (κ1) is 11.4. The Kier molecular flexibility index (Phi) is 3.14. The van der Waals surface area contributed by atoms with Crippen LogP contribution in [0.15, 0.2) is 0 Å². The molecule has 0 bridgehead atoms. The van der Waals surface area contributed by atoms with Gasteiger partial charge in [-0.3, -0.25) is 9.59 Å². The maximum absolute atomic E-state index is 11.9. The van der Waals surface area contributed by atoms with Gasteiger partial charge in [-0.15, -0.1) is 0 Å². The van der Waals surface area contributed by atoms with Crippen LogP contribution in [0.5, 0.6) is 0 Å². The Hall–Kier alpha value is -1.10. The first-order valence-corrected chi connectivity index (χ1v) is 5.78. The van der Waals surface area contributed by atoms with Crippen molar-refractivity contribution in [3.05, 3.63) is 0 Å². The van der Waals surface area contributed by atoms with Crippen LogP contribution in [-0.4, -0.2) is 47.6 Å². The number of nitrogens with one attached hydrogen (secondary N) is 1. The summed E-state index contributed by atoms with van der Waals surface area (Å²) in [6, 6.07) is -0.331. The van der Waals surface area contributed by atoms with Crippen molar-refractivity contribution >= 4 is 11.8 Å². The quantitative estimate of drug-likeness (QED) is 0.681. The topological polar surface area (TPSA) is 69.6 Å². The fourth-order valence-corrected chi connectivity index (χ4v) is 2.39. The molecule has 1 aliphatic heterocycles. The van der Waals surface area contributed by atoms with Crippen LogP contribution in [0.4, 0.5) is 0 Å². The molecule has 2 rings (SSSR count). The van der Waals surface area contributed by atoms with Crippen LogP contribution in [-0.2, 0) is 9.59 Å². The molecule has 0 aromatic carbocycles. The molecule has 16 heavy (non-hydrogen) atoms. The Morgan fingerprint density at radius 2 is 2.25 bits per heavy atom. The van der Waals surface area contributed by atoms with Crippen molar-refractivity contribution in [3.63, 3.8) is 0 Å². The Morgan fingerprint density at radius 3 is 2.75 bits per heavy atom. The van der Waals surface area contributed by atoms with E-state index in [9.17, 15) is 9.59 Å². The molecule has 2 amide bonds. The minimum Gasteiger partial charge on any atom is -0.393 e. The van der Waals surface area contributed by atoms with E-state index in [1.54, 1.807) is 11.9 Å². The van der Waals surface area contributed by atoms with Crippen molar-refractivity contribution < 1.29 is 14.7 Å². The van der Waals surface area contributed by atoms with E-state index in [-0.39, 0.29) is 24.0 Å². The molecule has 2 fully saturated rings. The lowest BCUT2D eigenvalue weighted by molar-refractivity contribution is -0.134. The predicted octanol–water partition coefficient (Wildman–Crippen LogP) is -0.506. The van der Waals surface area contributed by atoms with E-state index in [2.05, 4.69) is 5.32 Å². The van der Waals surface area contributed by atoms with E-state index in [4.69, 9.17) is 5.11 Å². The van der Waals surface area contributed by atoms with Gasteiger partial charge in [-0.2, -0.15) is 0 Å². The summed E-state index contributed by atoms with van der Waals surface area (Å²) in [5.74, 6) is 0.374. The minimum atomic E-state index is -0.331. The SMILES string of the molecule is CN(CC1CC(O)C1)C(=O)[C@@H]1CCC(=O)N1. The Labute approximate surface area is 94.8 Å². The lowest BCUT2D eigenvalue weighted by atomic mass is 9.82. The summed E-state index contributed by atoms with van der Waals surface area (Å²) in [7, 11) is 1.76. The maximum atomic E-state index is 11.9. The van der Waals surface area contributed by atoms with Crippen LogP contribution < -0.4 is 5.32 Å². The van der Waals surface area contributed by atoms with Crippen LogP contribution in [0, 0.1) is 5.92 Å². The van der Waals surface area contributed by atoms with Gasteiger partial charge in [0.15, 0.2) is 0 Å². The smallest absolute Gasteiger partial charge is 0.244 e. The van der Waals surface area contributed by atoms with Crippen molar-refractivity contribution in [2.45, 2.75) is 37.8 Å². The van der Waals surface area contributed by atoms with Crippen LogP contribution in [0.1, 0.15) is 25.7 Å². The largest absolute Gasteiger partial charge is 0.393 e. The second kappa shape index (κ2) is 4.41. The third kappa shape index (κ3) is 2.35. The molecule has 0 aromatic rings. The first-order chi connectivity index (χ1) is 7.56. The minimum absolute atomic E-state index is 0.00719. The highest BCUT2D eigenvalue weighted by Crippen LogP contribution is 2.27. The molecule has 0 radical (unpaired) electrons. The van der Waals surface area contributed by atoms with Gasteiger partial charge >= 0.3 is 0 Å². The monoisotopic (exact) mass is 226 g/mol. The van der Waals surface area contributed by atoms with Crippen molar-refractivity contribution in [3.8, 4) is 0 Å². The number of carbonyl (C=O) groups is 2. The van der Waals surface area contributed by atoms with Gasteiger partial charge in [0.2, 0.25) is 11.8 Å². The summed E-state index contributed by atoms with van der Waals surface area (Å²) >= 11 is 0. The fraction of sp³-hybridized carbons (Fsp3) is 0.818. The highest BCUT2D eigenvalue weighted by Gasteiger charge is 2.33. The summed E-state index contributed by atoms with van der Waals surface area (Å²) < 4.78 is 0. The van der Waals surface area contributed by atoms with Crippen LogP contribution in [0.2, 0.25) is 0 Å². The van der Waals surface area contributed by atoms with Gasteiger partial charge in [0.25, 0.3) is 0 Å². The normalized spacial score (nSPS) is 33.1. The summed E-state index contributed by atoms with van der Waals surface area (Å²) in [6.45, 7) is 0.683.